The smallest absolute Gasteiger partial charge is 0.323 e. The molecule has 1 heterocycles. The van der Waals surface area contributed by atoms with Gasteiger partial charge in [0, 0.05) is 17.8 Å². The second-order valence-corrected chi connectivity index (χ2v) is 5.61. The van der Waals surface area contributed by atoms with Gasteiger partial charge in [-0.25, -0.2) is 0 Å². The molecule has 0 spiro atoms. The summed E-state index contributed by atoms with van der Waals surface area (Å²) in [6.45, 7) is 2.73. The monoisotopic (exact) mass is 376 g/mol. The predicted octanol–water partition coefficient (Wildman–Crippen LogP) is 3.97. The predicted molar refractivity (Wildman–Crippen MR) is 83.4 cm³/mol. The molecule has 1 N–H and O–H groups in total. The van der Waals surface area contributed by atoms with Gasteiger partial charge in [-0.15, -0.1) is 0 Å². The van der Waals surface area contributed by atoms with Crippen molar-refractivity contribution in [3.8, 4) is 0 Å². The number of hydrogen-bond acceptors (Lipinski definition) is 4. The number of nitro benzene ring substituents is 1. The molecule has 0 saturated carbocycles. The summed E-state index contributed by atoms with van der Waals surface area (Å²) < 4.78 is 39.0. The number of alkyl halides is 3. The summed E-state index contributed by atoms with van der Waals surface area (Å²) in [7, 11) is 0. The van der Waals surface area contributed by atoms with Gasteiger partial charge in [0.2, 0.25) is 5.91 Å². The lowest BCUT2D eigenvalue weighted by molar-refractivity contribution is -0.384. The topological polar surface area (TPSA) is 90.1 Å². The molecule has 0 radical (unpaired) electrons. The van der Waals surface area contributed by atoms with E-state index in [2.05, 4.69) is 10.4 Å². The highest BCUT2D eigenvalue weighted by Gasteiger charge is 2.35. The lowest BCUT2D eigenvalue weighted by Gasteiger charge is -2.15. The average molecular weight is 377 g/mol. The summed E-state index contributed by atoms with van der Waals surface area (Å²) in [4.78, 5) is 22.4. The lowest BCUT2D eigenvalue weighted by atomic mass is 10.2. The quantitative estimate of drug-likeness (QED) is 0.645. The fourth-order valence-corrected chi connectivity index (χ4v) is 2.25. The van der Waals surface area contributed by atoms with Crippen LogP contribution in [0.5, 0.6) is 0 Å². The number of aryl methyl sites for hydroxylation is 1. The molecule has 25 heavy (non-hydrogen) atoms. The van der Waals surface area contributed by atoms with Crippen LogP contribution in [0.2, 0.25) is 5.02 Å². The SMILES string of the molecule is Cc1cc(C(F)(F)F)nn1C(C)C(=O)Nc1cc([N+](=O)[O-])ccc1Cl. The molecular formula is C14H12ClF3N4O3. The van der Waals surface area contributed by atoms with Crippen LogP contribution in [0.3, 0.4) is 0 Å². The van der Waals surface area contributed by atoms with E-state index >= 15 is 0 Å². The molecule has 1 aromatic heterocycles. The van der Waals surface area contributed by atoms with Crippen molar-refractivity contribution in [1.29, 1.82) is 0 Å². The summed E-state index contributed by atoms with van der Waals surface area (Å²) in [6, 6.07) is 3.19. The molecule has 7 nitrogen and oxygen atoms in total. The maximum absolute atomic E-state index is 12.7. The molecule has 1 aromatic carbocycles. The van der Waals surface area contributed by atoms with Gasteiger partial charge >= 0.3 is 6.18 Å². The van der Waals surface area contributed by atoms with Crippen LogP contribution < -0.4 is 5.32 Å². The van der Waals surface area contributed by atoms with E-state index in [-0.39, 0.29) is 22.1 Å². The Hall–Kier alpha value is -2.62. The number of carbonyl (C=O) groups is 1. The van der Waals surface area contributed by atoms with Crippen molar-refractivity contribution in [2.24, 2.45) is 0 Å². The molecule has 1 unspecified atom stereocenters. The van der Waals surface area contributed by atoms with Gasteiger partial charge < -0.3 is 5.32 Å². The third-order valence-electron chi connectivity index (χ3n) is 3.38. The molecule has 2 aromatic rings. The van der Waals surface area contributed by atoms with Gasteiger partial charge in [0.1, 0.15) is 6.04 Å². The molecule has 0 aliphatic rings. The van der Waals surface area contributed by atoms with Crippen molar-refractivity contribution in [1.82, 2.24) is 9.78 Å². The maximum atomic E-state index is 12.7. The van der Waals surface area contributed by atoms with Crippen molar-refractivity contribution in [3.63, 3.8) is 0 Å². The normalized spacial score (nSPS) is 12.7. The maximum Gasteiger partial charge on any atom is 0.435 e. The molecule has 0 aliphatic heterocycles. The molecule has 2 rings (SSSR count). The van der Waals surface area contributed by atoms with Crippen LogP contribution in [0.4, 0.5) is 24.5 Å². The second kappa shape index (κ2) is 6.71. The third kappa shape index (κ3) is 4.08. The first-order chi connectivity index (χ1) is 11.5. The highest BCUT2D eigenvalue weighted by atomic mass is 35.5. The second-order valence-electron chi connectivity index (χ2n) is 5.20. The van der Waals surface area contributed by atoms with E-state index < -0.39 is 28.7 Å². The molecule has 1 amide bonds. The molecular weight excluding hydrogens is 365 g/mol. The minimum absolute atomic E-state index is 0.0198. The number of nitrogens with one attached hydrogen (secondary N) is 1. The number of non-ortho nitro benzene ring substituents is 1. The van der Waals surface area contributed by atoms with Gasteiger partial charge in [0.25, 0.3) is 5.69 Å². The van der Waals surface area contributed by atoms with E-state index in [1.807, 2.05) is 0 Å². The van der Waals surface area contributed by atoms with Crippen LogP contribution in [-0.2, 0) is 11.0 Å². The molecule has 0 bridgehead atoms. The first-order valence-corrected chi connectivity index (χ1v) is 7.26. The largest absolute Gasteiger partial charge is 0.435 e. The zero-order valence-corrected chi connectivity index (χ0v) is 13.7. The zero-order chi connectivity index (χ0) is 18.9. The Morgan fingerprint density at radius 2 is 2.04 bits per heavy atom. The van der Waals surface area contributed by atoms with Crippen molar-refractivity contribution in [2.45, 2.75) is 26.1 Å². The van der Waals surface area contributed by atoms with E-state index in [1.54, 1.807) is 0 Å². The van der Waals surface area contributed by atoms with E-state index in [0.29, 0.717) is 0 Å². The van der Waals surface area contributed by atoms with E-state index in [9.17, 15) is 28.1 Å². The van der Waals surface area contributed by atoms with Crippen LogP contribution in [-0.4, -0.2) is 20.6 Å². The number of nitrogens with zero attached hydrogens (tertiary/aromatic N) is 3. The van der Waals surface area contributed by atoms with Gasteiger partial charge in [0.05, 0.1) is 15.6 Å². The Morgan fingerprint density at radius 3 is 2.56 bits per heavy atom. The summed E-state index contributed by atoms with van der Waals surface area (Å²) >= 11 is 5.88. The van der Waals surface area contributed by atoms with Crippen molar-refractivity contribution in [3.05, 3.63) is 50.8 Å². The zero-order valence-electron chi connectivity index (χ0n) is 13.0. The van der Waals surface area contributed by atoms with Gasteiger partial charge in [-0.2, -0.15) is 18.3 Å². The van der Waals surface area contributed by atoms with Crippen LogP contribution in [0.15, 0.2) is 24.3 Å². The summed E-state index contributed by atoms with van der Waals surface area (Å²) in [5, 5.41) is 16.6. The summed E-state index contributed by atoms with van der Waals surface area (Å²) in [5.41, 5.74) is -1.28. The van der Waals surface area contributed by atoms with Gasteiger partial charge in [0.15, 0.2) is 5.69 Å². The van der Waals surface area contributed by atoms with Gasteiger partial charge in [-0.05, 0) is 26.0 Å². The van der Waals surface area contributed by atoms with E-state index in [4.69, 9.17) is 11.6 Å². The van der Waals surface area contributed by atoms with Crippen LogP contribution in [0.1, 0.15) is 24.4 Å². The first kappa shape index (κ1) is 18.7. The Bertz CT molecular complexity index is 835. The third-order valence-corrected chi connectivity index (χ3v) is 3.71. The average Bonchev–Trinajstić information content (AvgIpc) is 2.90. The number of anilines is 1. The Morgan fingerprint density at radius 1 is 1.40 bits per heavy atom. The number of hydrogen-bond donors (Lipinski definition) is 1. The van der Waals surface area contributed by atoms with Crippen LogP contribution in [0.25, 0.3) is 0 Å². The lowest BCUT2D eigenvalue weighted by Crippen LogP contribution is -2.25. The number of nitro groups is 1. The van der Waals surface area contributed by atoms with Crippen molar-refractivity contribution < 1.29 is 22.9 Å². The number of aromatic nitrogens is 2. The van der Waals surface area contributed by atoms with Crippen molar-refractivity contribution >= 4 is 28.9 Å². The molecule has 0 aliphatic carbocycles. The van der Waals surface area contributed by atoms with E-state index in [0.717, 1.165) is 22.9 Å². The molecule has 0 fully saturated rings. The molecule has 0 saturated heterocycles. The van der Waals surface area contributed by atoms with Crippen LogP contribution >= 0.6 is 11.6 Å². The van der Waals surface area contributed by atoms with Gasteiger partial charge in [-0.3, -0.25) is 19.6 Å². The number of amides is 1. The number of rotatable bonds is 4. The summed E-state index contributed by atoms with van der Waals surface area (Å²) in [5.74, 6) is -0.720. The Kier molecular flexibility index (Phi) is 5.02. The Labute approximate surface area is 144 Å². The molecule has 1 atom stereocenters. The minimum Gasteiger partial charge on any atom is -0.323 e. The van der Waals surface area contributed by atoms with Crippen LogP contribution in [0, 0.1) is 17.0 Å². The number of benzene rings is 1. The minimum atomic E-state index is -4.63. The standard InChI is InChI=1S/C14H12ClF3N4O3/c1-7-5-12(14(16,17)18)20-21(7)8(2)13(23)19-11-6-9(22(24)25)3-4-10(11)15/h3-6,8H,1-2H3,(H,19,23). The Balaban J connectivity index is 2.26. The van der Waals surface area contributed by atoms with Crippen molar-refractivity contribution in [2.75, 3.05) is 5.32 Å². The van der Waals surface area contributed by atoms with Gasteiger partial charge in [-0.1, -0.05) is 11.6 Å². The molecule has 134 valence electrons. The highest BCUT2D eigenvalue weighted by molar-refractivity contribution is 6.33. The number of halogens is 4. The summed E-state index contributed by atoms with van der Waals surface area (Å²) in [6.07, 6.45) is -4.63. The highest BCUT2D eigenvalue weighted by Crippen LogP contribution is 2.30. The fourth-order valence-electron chi connectivity index (χ4n) is 2.09. The molecule has 11 heteroatoms. The number of carbonyl (C=O) groups excluding carboxylic acids is 1. The fraction of sp³-hybridized carbons (Fsp3) is 0.286. The van der Waals surface area contributed by atoms with E-state index in [1.165, 1.54) is 19.9 Å². The first-order valence-electron chi connectivity index (χ1n) is 6.89.